The van der Waals surface area contributed by atoms with E-state index in [1.807, 2.05) is 0 Å². The molecule has 0 aromatic rings. The van der Waals surface area contributed by atoms with Gasteiger partial charge in [0.1, 0.15) is 0 Å². The van der Waals surface area contributed by atoms with E-state index in [1.54, 1.807) is 0 Å². The molecule has 4 N–H and O–H groups in total. The molecule has 8 heavy (non-hydrogen) atoms. The second-order valence-electron chi connectivity index (χ2n) is 0.272. The standard InChI is InChI=1S/C2H2.2CH3NS/c1-2;2*2-1-3/h1-2H;2*1H,(H2,2,3). The fraction of sp³-hybridized carbons (Fsp3) is 0. The molecule has 0 atom stereocenters. The molecule has 0 aromatic carbocycles. The first-order valence-corrected chi connectivity index (χ1v) is 2.41. The topological polar surface area (TPSA) is 52.0 Å². The van der Waals surface area contributed by atoms with Crippen molar-refractivity contribution in [1.29, 1.82) is 0 Å². The first-order valence-electron chi connectivity index (χ1n) is 1.47. The predicted molar refractivity (Wildman–Crippen MR) is 45.6 cm³/mol. The van der Waals surface area contributed by atoms with Crippen LogP contribution in [0.3, 0.4) is 0 Å². The van der Waals surface area contributed by atoms with Crippen LogP contribution >= 0.6 is 24.4 Å². The molecule has 46 valence electrons. The van der Waals surface area contributed by atoms with E-state index in [0.717, 1.165) is 11.0 Å². The minimum Gasteiger partial charge on any atom is -0.396 e. The van der Waals surface area contributed by atoms with Gasteiger partial charge < -0.3 is 11.5 Å². The molecule has 0 rings (SSSR count). The number of nitrogens with two attached hydrogens (primary N) is 2. The number of hydrogen-bond acceptors (Lipinski definition) is 2. The van der Waals surface area contributed by atoms with E-state index in [1.165, 1.54) is 0 Å². The highest BCUT2D eigenvalue weighted by atomic mass is 32.1. The fourth-order valence-corrected chi connectivity index (χ4v) is 0. The Labute approximate surface area is 60.2 Å². The summed E-state index contributed by atoms with van der Waals surface area (Å²) in [4.78, 5) is 0. The quantitative estimate of drug-likeness (QED) is 0.376. The van der Waals surface area contributed by atoms with Crippen molar-refractivity contribution in [2.75, 3.05) is 0 Å². The summed E-state index contributed by atoms with van der Waals surface area (Å²) >= 11 is 8.09. The lowest BCUT2D eigenvalue weighted by Crippen LogP contribution is -1.79. The summed E-state index contributed by atoms with van der Waals surface area (Å²) < 4.78 is 0. The van der Waals surface area contributed by atoms with E-state index in [-0.39, 0.29) is 0 Å². The van der Waals surface area contributed by atoms with Crippen molar-refractivity contribution in [2.24, 2.45) is 11.5 Å². The largest absolute Gasteiger partial charge is 0.396 e. The normalized spacial score (nSPS) is 3.25. The van der Waals surface area contributed by atoms with Gasteiger partial charge in [0.25, 0.3) is 0 Å². The SMILES string of the molecule is C#C.NC=S.NC=S. The van der Waals surface area contributed by atoms with Crippen LogP contribution < -0.4 is 11.5 Å². The van der Waals surface area contributed by atoms with Crippen molar-refractivity contribution in [3.63, 3.8) is 0 Å². The van der Waals surface area contributed by atoms with Gasteiger partial charge in [-0.3, -0.25) is 0 Å². The zero-order chi connectivity index (χ0) is 7.41. The van der Waals surface area contributed by atoms with Gasteiger partial charge in [-0.1, -0.05) is 24.4 Å². The summed E-state index contributed by atoms with van der Waals surface area (Å²) in [6.45, 7) is 0. The van der Waals surface area contributed by atoms with Crippen molar-refractivity contribution in [3.05, 3.63) is 0 Å². The highest BCUT2D eigenvalue weighted by Gasteiger charge is 1.13. The van der Waals surface area contributed by atoms with E-state index < -0.39 is 0 Å². The van der Waals surface area contributed by atoms with Crippen LogP contribution in [-0.4, -0.2) is 11.0 Å². The van der Waals surface area contributed by atoms with Crippen molar-refractivity contribution >= 4 is 35.4 Å². The van der Waals surface area contributed by atoms with Gasteiger partial charge in [0.15, 0.2) is 0 Å². The minimum atomic E-state index is 1.08. The molecule has 0 unspecified atom stereocenters. The van der Waals surface area contributed by atoms with Crippen molar-refractivity contribution in [2.45, 2.75) is 0 Å². The summed E-state index contributed by atoms with van der Waals surface area (Å²) in [5, 5.41) is 0. The van der Waals surface area contributed by atoms with Crippen LogP contribution in [0.1, 0.15) is 0 Å². The average Bonchev–Trinajstić information content (AvgIpc) is 1.75. The van der Waals surface area contributed by atoms with Gasteiger partial charge >= 0.3 is 0 Å². The van der Waals surface area contributed by atoms with Crippen LogP contribution in [-0.2, 0) is 0 Å². The first-order chi connectivity index (χ1) is 3.83. The van der Waals surface area contributed by atoms with Gasteiger partial charge in [0.05, 0.1) is 11.0 Å². The van der Waals surface area contributed by atoms with Crippen LogP contribution in [0, 0.1) is 12.8 Å². The Balaban J connectivity index is -0.0000000483. The molecule has 0 aromatic heterocycles. The number of thiocarbonyl (C=S) groups is 2. The minimum absolute atomic E-state index is 1.08. The third-order valence-corrected chi connectivity index (χ3v) is 0. The monoisotopic (exact) mass is 148 g/mol. The van der Waals surface area contributed by atoms with Gasteiger partial charge in [-0.2, -0.15) is 0 Å². The van der Waals surface area contributed by atoms with Crippen molar-refractivity contribution in [1.82, 2.24) is 0 Å². The van der Waals surface area contributed by atoms with E-state index in [9.17, 15) is 0 Å². The van der Waals surface area contributed by atoms with Crippen LogP contribution in [0.5, 0.6) is 0 Å². The van der Waals surface area contributed by atoms with Gasteiger partial charge in [-0.05, 0) is 0 Å². The molecule has 4 heteroatoms. The van der Waals surface area contributed by atoms with Crippen LogP contribution in [0.4, 0.5) is 0 Å². The second-order valence-corrected chi connectivity index (χ2v) is 0.816. The third-order valence-electron chi connectivity index (χ3n) is 0. The summed E-state index contributed by atoms with van der Waals surface area (Å²) in [5.41, 5.74) is 11.2. The molecular weight excluding hydrogens is 140 g/mol. The number of rotatable bonds is 0. The highest BCUT2D eigenvalue weighted by molar-refractivity contribution is 7.79. The zero-order valence-electron chi connectivity index (χ0n) is 4.28. The van der Waals surface area contributed by atoms with Crippen LogP contribution in [0.2, 0.25) is 0 Å². The number of hydrogen-bond donors (Lipinski definition) is 2. The Morgan fingerprint density at radius 1 is 1.00 bits per heavy atom. The Bertz CT molecular complexity index is 54.3. The second kappa shape index (κ2) is 101. The molecule has 0 radical (unpaired) electrons. The third kappa shape index (κ3) is 231. The molecule has 0 bridgehead atoms. The Kier molecular flexibility index (Phi) is 197. The predicted octanol–water partition coefficient (Wildman–Crippen LogP) is 0.0540. The molecule has 0 aliphatic heterocycles. The maximum atomic E-state index is 4.54. The maximum Gasteiger partial charge on any atom is 0.0588 e. The molecule has 0 heterocycles. The van der Waals surface area contributed by atoms with Crippen molar-refractivity contribution in [3.8, 4) is 12.8 Å². The molecule has 0 saturated carbocycles. The molecule has 0 amide bonds. The molecule has 0 aliphatic rings. The molecule has 0 fully saturated rings. The Morgan fingerprint density at radius 2 is 1.00 bits per heavy atom. The lowest BCUT2D eigenvalue weighted by atomic mass is 11.4. The highest BCUT2D eigenvalue weighted by Crippen LogP contribution is 1.16. The fourth-order valence-electron chi connectivity index (χ4n) is 0. The van der Waals surface area contributed by atoms with E-state index in [2.05, 4.69) is 48.7 Å². The average molecular weight is 148 g/mol. The van der Waals surface area contributed by atoms with Gasteiger partial charge in [0.2, 0.25) is 0 Å². The van der Waals surface area contributed by atoms with E-state index >= 15 is 0 Å². The summed E-state index contributed by atoms with van der Waals surface area (Å²) in [5.74, 6) is 0. The summed E-state index contributed by atoms with van der Waals surface area (Å²) in [7, 11) is 0. The van der Waals surface area contributed by atoms with Gasteiger partial charge in [0, 0.05) is 0 Å². The lowest BCUT2D eigenvalue weighted by molar-refractivity contribution is 1.93. The molecule has 0 spiro atoms. The van der Waals surface area contributed by atoms with E-state index in [0.29, 0.717) is 0 Å². The number of terminal acetylenes is 1. The van der Waals surface area contributed by atoms with Gasteiger partial charge in [-0.25, -0.2) is 0 Å². The van der Waals surface area contributed by atoms with Crippen molar-refractivity contribution < 1.29 is 0 Å². The first kappa shape index (κ1) is 15.7. The molecule has 0 aliphatic carbocycles. The summed E-state index contributed by atoms with van der Waals surface area (Å²) in [6.07, 6.45) is 8.00. The van der Waals surface area contributed by atoms with Crippen LogP contribution in [0.15, 0.2) is 0 Å². The molecular formula is C4H8N2S2. The van der Waals surface area contributed by atoms with Gasteiger partial charge in [-0.15, -0.1) is 12.8 Å². The summed E-state index contributed by atoms with van der Waals surface area (Å²) in [6, 6.07) is 0. The molecule has 0 saturated heterocycles. The maximum absolute atomic E-state index is 4.54. The van der Waals surface area contributed by atoms with E-state index in [4.69, 9.17) is 0 Å². The Hall–Kier alpha value is -0.660. The Morgan fingerprint density at radius 3 is 1.00 bits per heavy atom. The zero-order valence-corrected chi connectivity index (χ0v) is 5.91. The lowest BCUT2D eigenvalue weighted by Gasteiger charge is -1.36. The smallest absolute Gasteiger partial charge is 0.0588 e. The molecule has 2 nitrogen and oxygen atoms in total. The van der Waals surface area contributed by atoms with Crippen LogP contribution in [0.25, 0.3) is 0 Å².